The molecule has 0 aromatic heterocycles. The summed E-state index contributed by atoms with van der Waals surface area (Å²) in [6.45, 7) is 2.13. The lowest BCUT2D eigenvalue weighted by atomic mass is 9.78. The van der Waals surface area contributed by atoms with Crippen molar-refractivity contribution in [1.82, 2.24) is 0 Å². The zero-order valence-corrected chi connectivity index (χ0v) is 15.0. The summed E-state index contributed by atoms with van der Waals surface area (Å²) in [5.74, 6) is 0.169. The number of nitriles is 1. The molecule has 0 heterocycles. The standard InChI is InChI=1S/C24H22FN/c1-2-3-18-8-12-22-21-11-9-19(17-6-4-16(15-26)5-7-17)14-20(21)10-13-23(22)24(18)25/h4-7,9-11,13-14,18,24H,2-3,8,12H2,1H3/t18-,24+/m0/s1. The van der Waals surface area contributed by atoms with Gasteiger partial charge in [0.2, 0.25) is 0 Å². The number of fused-ring (bicyclic) bond motifs is 3. The summed E-state index contributed by atoms with van der Waals surface area (Å²) in [5.41, 5.74) is 4.97. The molecule has 0 fully saturated rings. The van der Waals surface area contributed by atoms with Crippen LogP contribution in [0.2, 0.25) is 0 Å². The van der Waals surface area contributed by atoms with Gasteiger partial charge in [-0.1, -0.05) is 49.7 Å². The third kappa shape index (κ3) is 2.88. The van der Waals surface area contributed by atoms with Crippen LogP contribution in [0.3, 0.4) is 0 Å². The van der Waals surface area contributed by atoms with Gasteiger partial charge in [0.1, 0.15) is 6.17 Å². The molecule has 0 bridgehead atoms. The quantitative estimate of drug-likeness (QED) is 0.516. The van der Waals surface area contributed by atoms with Crippen LogP contribution in [0.1, 0.15) is 49.0 Å². The first-order chi connectivity index (χ1) is 12.7. The molecule has 1 aliphatic rings. The van der Waals surface area contributed by atoms with Crippen molar-refractivity contribution >= 4 is 10.8 Å². The molecule has 1 nitrogen and oxygen atoms in total. The van der Waals surface area contributed by atoms with E-state index in [9.17, 15) is 4.39 Å². The van der Waals surface area contributed by atoms with Crippen molar-refractivity contribution in [2.45, 2.75) is 38.8 Å². The first kappa shape index (κ1) is 16.8. The highest BCUT2D eigenvalue weighted by Crippen LogP contribution is 2.42. The fourth-order valence-corrected chi connectivity index (χ4v) is 4.26. The fraction of sp³-hybridized carbons (Fsp3) is 0.292. The molecule has 130 valence electrons. The van der Waals surface area contributed by atoms with Gasteiger partial charge in [-0.05, 0) is 76.4 Å². The molecule has 0 unspecified atom stereocenters. The highest BCUT2D eigenvalue weighted by atomic mass is 19.1. The number of hydrogen-bond acceptors (Lipinski definition) is 1. The maximum atomic E-state index is 14.9. The normalized spacial score (nSPS) is 19.1. The van der Waals surface area contributed by atoms with E-state index in [1.165, 1.54) is 10.9 Å². The monoisotopic (exact) mass is 343 g/mol. The van der Waals surface area contributed by atoms with Gasteiger partial charge in [0.25, 0.3) is 0 Å². The third-order valence-electron chi connectivity index (χ3n) is 5.65. The van der Waals surface area contributed by atoms with E-state index < -0.39 is 6.17 Å². The van der Waals surface area contributed by atoms with Crippen molar-refractivity contribution in [3.05, 3.63) is 71.3 Å². The minimum Gasteiger partial charge on any atom is -0.242 e. The molecule has 0 aliphatic heterocycles. The summed E-state index contributed by atoms with van der Waals surface area (Å²) < 4.78 is 14.9. The largest absolute Gasteiger partial charge is 0.242 e. The Hall–Kier alpha value is -2.66. The van der Waals surface area contributed by atoms with Gasteiger partial charge < -0.3 is 0 Å². The minimum absolute atomic E-state index is 0.169. The van der Waals surface area contributed by atoms with Gasteiger partial charge in [0, 0.05) is 0 Å². The van der Waals surface area contributed by atoms with Crippen LogP contribution in [0, 0.1) is 17.2 Å². The van der Waals surface area contributed by atoms with Gasteiger partial charge in [-0.15, -0.1) is 0 Å². The zero-order chi connectivity index (χ0) is 18.1. The summed E-state index contributed by atoms with van der Waals surface area (Å²) in [4.78, 5) is 0. The third-order valence-corrected chi connectivity index (χ3v) is 5.65. The van der Waals surface area contributed by atoms with Crippen LogP contribution < -0.4 is 0 Å². The molecule has 0 spiro atoms. The Labute approximate surface area is 154 Å². The smallest absolute Gasteiger partial charge is 0.128 e. The molecule has 0 radical (unpaired) electrons. The lowest BCUT2D eigenvalue weighted by Gasteiger charge is -2.29. The van der Waals surface area contributed by atoms with E-state index in [4.69, 9.17) is 5.26 Å². The average Bonchev–Trinajstić information content (AvgIpc) is 2.69. The molecule has 0 saturated heterocycles. The molecule has 2 heteroatoms. The maximum Gasteiger partial charge on any atom is 0.128 e. The van der Waals surface area contributed by atoms with E-state index in [1.807, 2.05) is 30.3 Å². The molecule has 4 rings (SSSR count). The average molecular weight is 343 g/mol. The Morgan fingerprint density at radius 1 is 1.04 bits per heavy atom. The Bertz CT molecular complexity index is 982. The lowest BCUT2D eigenvalue weighted by molar-refractivity contribution is 0.195. The Morgan fingerprint density at radius 2 is 1.81 bits per heavy atom. The van der Waals surface area contributed by atoms with Crippen LogP contribution in [0.15, 0.2) is 54.6 Å². The number of alkyl halides is 1. The predicted octanol–water partition coefficient (Wildman–Crippen LogP) is 6.75. The second-order valence-electron chi connectivity index (χ2n) is 7.25. The maximum absolute atomic E-state index is 14.9. The second kappa shape index (κ2) is 6.92. The van der Waals surface area contributed by atoms with Gasteiger partial charge >= 0.3 is 0 Å². The first-order valence-electron chi connectivity index (χ1n) is 9.41. The number of aryl methyl sites for hydroxylation is 1. The fourth-order valence-electron chi connectivity index (χ4n) is 4.26. The van der Waals surface area contributed by atoms with Crippen molar-refractivity contribution in [3.8, 4) is 17.2 Å². The number of hydrogen-bond donors (Lipinski definition) is 0. The van der Waals surface area contributed by atoms with Crippen LogP contribution in [0.4, 0.5) is 4.39 Å². The zero-order valence-electron chi connectivity index (χ0n) is 15.0. The topological polar surface area (TPSA) is 23.8 Å². The molecule has 26 heavy (non-hydrogen) atoms. The van der Waals surface area contributed by atoms with Crippen LogP contribution in [0.25, 0.3) is 21.9 Å². The lowest BCUT2D eigenvalue weighted by Crippen LogP contribution is -2.17. The summed E-state index contributed by atoms with van der Waals surface area (Å²) in [6, 6.07) is 20.2. The molecule has 0 amide bonds. The van der Waals surface area contributed by atoms with Crippen molar-refractivity contribution in [1.29, 1.82) is 5.26 Å². The number of nitrogens with zero attached hydrogens (tertiary/aromatic N) is 1. The molecule has 3 aromatic carbocycles. The van der Waals surface area contributed by atoms with Crippen LogP contribution in [-0.4, -0.2) is 0 Å². The SMILES string of the molecule is CCC[C@H]1CCc2c(ccc3cc(-c4ccc(C#N)cc4)ccc23)[C@@H]1F. The van der Waals surface area contributed by atoms with Crippen molar-refractivity contribution in [2.24, 2.45) is 5.92 Å². The minimum atomic E-state index is -0.832. The van der Waals surface area contributed by atoms with Gasteiger partial charge in [-0.3, -0.25) is 0 Å². The van der Waals surface area contributed by atoms with E-state index in [0.717, 1.165) is 47.8 Å². The van der Waals surface area contributed by atoms with E-state index in [0.29, 0.717) is 5.56 Å². The summed E-state index contributed by atoms with van der Waals surface area (Å²) in [5, 5.41) is 11.3. The van der Waals surface area contributed by atoms with Gasteiger partial charge in [0.15, 0.2) is 0 Å². The molecule has 3 aromatic rings. The van der Waals surface area contributed by atoms with Crippen LogP contribution >= 0.6 is 0 Å². The van der Waals surface area contributed by atoms with Crippen molar-refractivity contribution in [3.63, 3.8) is 0 Å². The molecule has 0 N–H and O–H groups in total. The van der Waals surface area contributed by atoms with Gasteiger partial charge in [-0.2, -0.15) is 5.26 Å². The highest BCUT2D eigenvalue weighted by molar-refractivity contribution is 5.91. The highest BCUT2D eigenvalue weighted by Gasteiger charge is 2.29. The van der Waals surface area contributed by atoms with Gasteiger partial charge in [0.05, 0.1) is 11.6 Å². The Kier molecular flexibility index (Phi) is 4.47. The molecular formula is C24H22FN. The number of halogens is 1. The predicted molar refractivity (Wildman–Crippen MR) is 105 cm³/mol. The summed E-state index contributed by atoms with van der Waals surface area (Å²) in [6.07, 6.45) is 3.09. The van der Waals surface area contributed by atoms with Gasteiger partial charge in [-0.25, -0.2) is 4.39 Å². The molecule has 1 aliphatic carbocycles. The van der Waals surface area contributed by atoms with E-state index in [-0.39, 0.29) is 5.92 Å². The van der Waals surface area contributed by atoms with Crippen molar-refractivity contribution in [2.75, 3.05) is 0 Å². The summed E-state index contributed by atoms with van der Waals surface area (Å²) >= 11 is 0. The Morgan fingerprint density at radius 3 is 2.54 bits per heavy atom. The molecule has 0 saturated carbocycles. The van der Waals surface area contributed by atoms with E-state index in [2.05, 4.69) is 37.3 Å². The molecule has 2 atom stereocenters. The van der Waals surface area contributed by atoms with E-state index >= 15 is 0 Å². The first-order valence-corrected chi connectivity index (χ1v) is 9.41. The van der Waals surface area contributed by atoms with Crippen LogP contribution in [0.5, 0.6) is 0 Å². The summed E-state index contributed by atoms with van der Waals surface area (Å²) in [7, 11) is 0. The molecular weight excluding hydrogens is 321 g/mol. The Balaban J connectivity index is 1.74. The number of rotatable bonds is 3. The van der Waals surface area contributed by atoms with Crippen LogP contribution in [-0.2, 0) is 6.42 Å². The second-order valence-corrected chi connectivity index (χ2v) is 7.25. The number of benzene rings is 3. The van der Waals surface area contributed by atoms with Crippen molar-refractivity contribution < 1.29 is 4.39 Å². The van der Waals surface area contributed by atoms with E-state index in [1.54, 1.807) is 0 Å².